The fourth-order valence-electron chi connectivity index (χ4n) is 9.75. The molecular weight excluding hydrogens is 749 g/mol. The van der Waals surface area contributed by atoms with E-state index in [-0.39, 0.29) is 10.8 Å². The van der Waals surface area contributed by atoms with Gasteiger partial charge in [0.15, 0.2) is 0 Å². The Kier molecular flexibility index (Phi) is 8.67. The normalized spacial score (nSPS) is 12.4. The molecule has 0 aliphatic rings. The highest BCUT2D eigenvalue weighted by Crippen LogP contribution is 2.48. The number of rotatable bonds is 6. The minimum absolute atomic E-state index is 0.0361. The first kappa shape index (κ1) is 37.8. The third kappa shape index (κ3) is 6.16. The van der Waals surface area contributed by atoms with Gasteiger partial charge in [-0.15, -0.1) is 0 Å². The van der Waals surface area contributed by atoms with Crippen molar-refractivity contribution in [2.24, 2.45) is 0 Å². The highest BCUT2D eigenvalue weighted by Gasteiger charge is 2.24. The Hall–Kier alpha value is -7.16. The SMILES string of the molecule is CC(C)(C)c1ccc2c(c1)c1cc(C(C)(C)C)ccc1n2-c1ccc2ccc3c(N(c4ccc(-c5ccccc5)cc4)c4ccccc4-c4ccccc4)ccc4ccc1c2c43. The van der Waals surface area contributed by atoms with Gasteiger partial charge in [-0.05, 0) is 115 Å². The van der Waals surface area contributed by atoms with E-state index in [2.05, 4.69) is 245 Å². The molecular formula is C60H50N2. The van der Waals surface area contributed by atoms with Gasteiger partial charge in [-0.1, -0.05) is 181 Å². The van der Waals surface area contributed by atoms with Gasteiger partial charge >= 0.3 is 0 Å². The molecule has 0 bridgehead atoms. The Bertz CT molecular complexity index is 3380. The van der Waals surface area contributed by atoms with Crippen LogP contribution in [-0.2, 0) is 10.8 Å². The van der Waals surface area contributed by atoms with E-state index >= 15 is 0 Å². The van der Waals surface area contributed by atoms with Gasteiger partial charge in [0.25, 0.3) is 0 Å². The lowest BCUT2D eigenvalue weighted by Crippen LogP contribution is -2.12. The van der Waals surface area contributed by atoms with Crippen LogP contribution in [0, 0.1) is 0 Å². The molecule has 0 fully saturated rings. The quantitative estimate of drug-likeness (QED) is 0.152. The number of hydrogen-bond acceptors (Lipinski definition) is 1. The van der Waals surface area contributed by atoms with Crippen LogP contribution in [0.4, 0.5) is 17.1 Å². The third-order valence-electron chi connectivity index (χ3n) is 13.1. The van der Waals surface area contributed by atoms with Crippen molar-refractivity contribution >= 4 is 71.2 Å². The van der Waals surface area contributed by atoms with E-state index in [1.807, 2.05) is 0 Å². The molecule has 1 heterocycles. The topological polar surface area (TPSA) is 8.17 Å². The van der Waals surface area contributed by atoms with E-state index in [1.165, 1.54) is 93.2 Å². The van der Waals surface area contributed by atoms with Crippen molar-refractivity contribution in [3.8, 4) is 27.9 Å². The third-order valence-corrected chi connectivity index (χ3v) is 13.1. The molecule has 0 aliphatic carbocycles. The first-order valence-corrected chi connectivity index (χ1v) is 21.9. The molecule has 0 radical (unpaired) electrons. The second-order valence-corrected chi connectivity index (χ2v) is 19.0. The number of aromatic nitrogens is 1. The van der Waals surface area contributed by atoms with Crippen molar-refractivity contribution in [3.63, 3.8) is 0 Å². The predicted molar refractivity (Wildman–Crippen MR) is 267 cm³/mol. The molecule has 300 valence electrons. The van der Waals surface area contributed by atoms with Crippen LogP contribution in [0.25, 0.3) is 82.1 Å². The summed E-state index contributed by atoms with van der Waals surface area (Å²) in [6.45, 7) is 13.9. The molecule has 0 saturated carbocycles. The zero-order chi connectivity index (χ0) is 42.3. The van der Waals surface area contributed by atoms with Crippen LogP contribution in [0.1, 0.15) is 52.7 Å². The Morgan fingerprint density at radius 1 is 0.371 bits per heavy atom. The predicted octanol–water partition coefficient (Wildman–Crippen LogP) is 17.1. The summed E-state index contributed by atoms with van der Waals surface area (Å²) in [6.07, 6.45) is 0. The van der Waals surface area contributed by atoms with Crippen molar-refractivity contribution < 1.29 is 0 Å². The summed E-state index contributed by atoms with van der Waals surface area (Å²) < 4.78 is 2.52. The molecule has 10 aromatic carbocycles. The Morgan fingerprint density at radius 3 is 1.48 bits per heavy atom. The minimum atomic E-state index is 0.0361. The van der Waals surface area contributed by atoms with Crippen LogP contribution in [0.15, 0.2) is 194 Å². The highest BCUT2D eigenvalue weighted by molar-refractivity contribution is 6.27. The first-order valence-electron chi connectivity index (χ1n) is 21.9. The van der Waals surface area contributed by atoms with E-state index in [4.69, 9.17) is 0 Å². The molecule has 11 rings (SSSR count). The van der Waals surface area contributed by atoms with E-state index in [0.717, 1.165) is 17.1 Å². The smallest absolute Gasteiger partial charge is 0.0541 e. The minimum Gasteiger partial charge on any atom is -0.309 e. The number of para-hydroxylation sites is 1. The molecule has 0 saturated heterocycles. The maximum atomic E-state index is 2.52. The summed E-state index contributed by atoms with van der Waals surface area (Å²) >= 11 is 0. The molecule has 0 amide bonds. The van der Waals surface area contributed by atoms with Crippen molar-refractivity contribution in [1.82, 2.24) is 4.57 Å². The monoisotopic (exact) mass is 798 g/mol. The summed E-state index contributed by atoms with van der Waals surface area (Å²) in [4.78, 5) is 2.47. The maximum absolute atomic E-state index is 2.52. The lowest BCUT2D eigenvalue weighted by Gasteiger charge is -2.30. The number of benzene rings is 10. The van der Waals surface area contributed by atoms with Crippen molar-refractivity contribution in [1.29, 1.82) is 0 Å². The van der Waals surface area contributed by atoms with Gasteiger partial charge in [0, 0.05) is 32.8 Å². The summed E-state index contributed by atoms with van der Waals surface area (Å²) in [5.41, 5.74) is 14.6. The number of anilines is 3. The van der Waals surface area contributed by atoms with Crippen LogP contribution in [0.2, 0.25) is 0 Å². The molecule has 2 nitrogen and oxygen atoms in total. The number of fused-ring (bicyclic) bond motifs is 3. The summed E-state index contributed by atoms with van der Waals surface area (Å²) in [6, 6.07) is 72.2. The van der Waals surface area contributed by atoms with Gasteiger partial charge in [-0.25, -0.2) is 0 Å². The van der Waals surface area contributed by atoms with Crippen molar-refractivity contribution in [3.05, 3.63) is 205 Å². The zero-order valence-corrected chi connectivity index (χ0v) is 36.4. The summed E-state index contributed by atoms with van der Waals surface area (Å²) in [5.74, 6) is 0. The van der Waals surface area contributed by atoms with Crippen LogP contribution in [0.5, 0.6) is 0 Å². The van der Waals surface area contributed by atoms with Gasteiger partial charge < -0.3 is 9.47 Å². The van der Waals surface area contributed by atoms with E-state index in [1.54, 1.807) is 0 Å². The molecule has 1 aromatic heterocycles. The van der Waals surface area contributed by atoms with E-state index in [9.17, 15) is 0 Å². The van der Waals surface area contributed by atoms with Gasteiger partial charge in [0.1, 0.15) is 0 Å². The van der Waals surface area contributed by atoms with Gasteiger partial charge in [0.2, 0.25) is 0 Å². The van der Waals surface area contributed by atoms with Gasteiger partial charge in [-0.3, -0.25) is 0 Å². The largest absolute Gasteiger partial charge is 0.309 e. The highest BCUT2D eigenvalue weighted by atomic mass is 15.1. The molecule has 0 unspecified atom stereocenters. The Labute approximate surface area is 364 Å². The van der Waals surface area contributed by atoms with Gasteiger partial charge in [-0.2, -0.15) is 0 Å². The second kappa shape index (κ2) is 14.2. The fourth-order valence-corrected chi connectivity index (χ4v) is 9.75. The Balaban J connectivity index is 1.17. The molecule has 0 atom stereocenters. The lowest BCUT2D eigenvalue weighted by molar-refractivity contribution is 0.590. The average Bonchev–Trinajstić information content (AvgIpc) is 3.62. The number of nitrogens with zero attached hydrogens (tertiary/aromatic N) is 2. The van der Waals surface area contributed by atoms with Crippen LogP contribution in [0.3, 0.4) is 0 Å². The van der Waals surface area contributed by atoms with Crippen molar-refractivity contribution in [2.45, 2.75) is 52.4 Å². The van der Waals surface area contributed by atoms with Crippen LogP contribution in [-0.4, -0.2) is 4.57 Å². The molecule has 0 N–H and O–H groups in total. The zero-order valence-electron chi connectivity index (χ0n) is 36.4. The second-order valence-electron chi connectivity index (χ2n) is 19.0. The van der Waals surface area contributed by atoms with E-state index < -0.39 is 0 Å². The van der Waals surface area contributed by atoms with Crippen molar-refractivity contribution in [2.75, 3.05) is 4.90 Å². The maximum Gasteiger partial charge on any atom is 0.0541 e. The molecule has 62 heavy (non-hydrogen) atoms. The molecule has 11 aromatic rings. The van der Waals surface area contributed by atoms with Crippen LogP contribution < -0.4 is 4.90 Å². The number of hydrogen-bond donors (Lipinski definition) is 0. The Morgan fingerprint density at radius 2 is 0.871 bits per heavy atom. The first-order chi connectivity index (χ1) is 30.0. The van der Waals surface area contributed by atoms with E-state index in [0.29, 0.717) is 0 Å². The van der Waals surface area contributed by atoms with Gasteiger partial charge in [0.05, 0.1) is 28.1 Å². The van der Waals surface area contributed by atoms with Crippen LogP contribution >= 0.6 is 0 Å². The standard InChI is InChI=1S/C60H50N2/c1-59(2,3)44-27-35-55-50(37-44)51-38-45(60(4,5)6)28-36-56(51)62(55)54-34-26-43-23-31-48-53(33-25-42-24-32-49(54)58(43)57(42)48)61(46-29-21-40(22-30-46)39-15-9-7-10-16-39)52-20-14-13-19-47(52)41-17-11-8-12-18-41/h7-38H,1-6H3. The summed E-state index contributed by atoms with van der Waals surface area (Å²) in [7, 11) is 0. The molecule has 2 heteroatoms. The lowest BCUT2D eigenvalue weighted by atomic mass is 9.85. The summed E-state index contributed by atoms with van der Waals surface area (Å²) in [5, 5.41) is 10.1. The molecule has 0 spiro atoms. The fraction of sp³-hybridized carbons (Fsp3) is 0.133. The average molecular weight is 799 g/mol. The molecule has 0 aliphatic heterocycles.